The van der Waals surface area contributed by atoms with Crippen LogP contribution in [0.25, 0.3) is 0 Å². The molecule has 2 N–H and O–H groups in total. The quantitative estimate of drug-likeness (QED) is 0.228. The van der Waals surface area contributed by atoms with Crippen LogP contribution in [-0.2, 0) is 14.8 Å². The Labute approximate surface area is 221 Å². The summed E-state index contributed by atoms with van der Waals surface area (Å²) in [6.07, 6.45) is 6.42. The zero-order valence-electron chi connectivity index (χ0n) is 21.6. The second-order valence-electron chi connectivity index (χ2n) is 9.54. The van der Waals surface area contributed by atoms with Crippen LogP contribution in [0.3, 0.4) is 0 Å². The van der Waals surface area contributed by atoms with Crippen molar-refractivity contribution in [1.29, 1.82) is 0 Å². The van der Waals surface area contributed by atoms with E-state index in [1.54, 1.807) is 12.1 Å². The number of allylic oxidation sites excluding steroid dienone is 3. The second-order valence-corrected chi connectivity index (χ2v) is 11.3. The summed E-state index contributed by atoms with van der Waals surface area (Å²) in [6.45, 7) is 5.81. The van der Waals surface area contributed by atoms with E-state index in [9.17, 15) is 8.42 Å². The largest absolute Gasteiger partial charge is 0.376 e. The van der Waals surface area contributed by atoms with Crippen molar-refractivity contribution in [3.63, 3.8) is 0 Å². The van der Waals surface area contributed by atoms with Gasteiger partial charge in [0.15, 0.2) is 0 Å². The lowest BCUT2D eigenvalue weighted by atomic mass is 9.94. The Morgan fingerprint density at radius 3 is 2.05 bits per heavy atom. The molecule has 37 heavy (non-hydrogen) atoms. The molecule has 0 saturated carbocycles. The summed E-state index contributed by atoms with van der Waals surface area (Å²) >= 11 is 0. The Morgan fingerprint density at radius 2 is 1.43 bits per heavy atom. The van der Waals surface area contributed by atoms with Crippen molar-refractivity contribution in [2.75, 3.05) is 19.8 Å². The predicted octanol–water partition coefficient (Wildman–Crippen LogP) is 6.03. The van der Waals surface area contributed by atoms with Crippen molar-refractivity contribution in [1.82, 2.24) is 10.0 Å². The van der Waals surface area contributed by atoms with Crippen molar-refractivity contribution in [2.45, 2.75) is 43.7 Å². The lowest BCUT2D eigenvalue weighted by Crippen LogP contribution is -2.39. The molecule has 4 rings (SSSR count). The molecule has 0 heterocycles. The first-order valence-electron chi connectivity index (χ1n) is 12.8. The van der Waals surface area contributed by atoms with Gasteiger partial charge in [0.05, 0.1) is 30.2 Å². The lowest BCUT2D eigenvalue weighted by molar-refractivity contribution is 0.152. The molecule has 0 saturated heterocycles. The van der Waals surface area contributed by atoms with Crippen molar-refractivity contribution >= 4 is 10.0 Å². The fraction of sp³-hybridized carbons (Fsp3) is 0.290. The third kappa shape index (κ3) is 7.73. The zero-order chi connectivity index (χ0) is 26.1. The van der Waals surface area contributed by atoms with E-state index in [-0.39, 0.29) is 10.9 Å². The minimum Gasteiger partial charge on any atom is -0.376 e. The van der Waals surface area contributed by atoms with Crippen LogP contribution in [0.2, 0.25) is 0 Å². The number of hydrogen-bond donors (Lipinski definition) is 2. The summed E-state index contributed by atoms with van der Waals surface area (Å²) < 4.78 is 35.9. The van der Waals surface area contributed by atoms with E-state index in [1.165, 1.54) is 11.1 Å². The highest BCUT2D eigenvalue weighted by molar-refractivity contribution is 7.89. The number of ether oxygens (including phenoxy) is 1. The summed E-state index contributed by atoms with van der Waals surface area (Å²) in [5.74, 6) is 0. The van der Waals surface area contributed by atoms with E-state index in [4.69, 9.17) is 4.74 Å². The highest BCUT2D eigenvalue weighted by Crippen LogP contribution is 2.31. The molecule has 0 bridgehead atoms. The molecule has 2 atom stereocenters. The molecule has 0 aliphatic heterocycles. The van der Waals surface area contributed by atoms with Gasteiger partial charge in [-0.05, 0) is 55.5 Å². The van der Waals surface area contributed by atoms with E-state index in [2.05, 4.69) is 29.1 Å². The molecule has 0 unspecified atom stereocenters. The van der Waals surface area contributed by atoms with Crippen LogP contribution in [-0.4, -0.2) is 28.2 Å². The smallest absolute Gasteiger partial charge is 0.241 e. The average Bonchev–Trinajstić information content (AvgIpc) is 2.91. The summed E-state index contributed by atoms with van der Waals surface area (Å²) in [5.41, 5.74) is 5.59. The van der Waals surface area contributed by atoms with Crippen molar-refractivity contribution in [3.8, 4) is 0 Å². The first kappa shape index (κ1) is 27.0. The van der Waals surface area contributed by atoms with Crippen LogP contribution in [0.4, 0.5) is 0 Å². The van der Waals surface area contributed by atoms with Crippen LogP contribution < -0.4 is 10.0 Å². The maximum atomic E-state index is 13.5. The third-order valence-corrected chi connectivity index (χ3v) is 8.00. The third-order valence-electron chi connectivity index (χ3n) is 6.54. The van der Waals surface area contributed by atoms with Gasteiger partial charge < -0.3 is 10.1 Å². The van der Waals surface area contributed by atoms with Gasteiger partial charge >= 0.3 is 0 Å². The molecule has 0 amide bonds. The molecule has 0 aromatic heterocycles. The van der Waals surface area contributed by atoms with Gasteiger partial charge in [0.2, 0.25) is 10.0 Å². The van der Waals surface area contributed by atoms with Crippen LogP contribution in [0.1, 0.15) is 48.5 Å². The van der Waals surface area contributed by atoms with Crippen molar-refractivity contribution in [2.24, 2.45) is 0 Å². The summed E-state index contributed by atoms with van der Waals surface area (Å²) in [4.78, 5) is 0.249. The SMILES string of the molecule is CC1=CCC=C(COCCN[C@@H](c2ccccc2)[C@H](NS(=O)(=O)c2ccc(C)cc2)c2ccccc2)C1. The van der Waals surface area contributed by atoms with Gasteiger partial charge in [-0.2, -0.15) is 0 Å². The molecule has 0 fully saturated rings. The fourth-order valence-corrected chi connectivity index (χ4v) is 5.80. The summed E-state index contributed by atoms with van der Waals surface area (Å²) in [6, 6.07) is 25.8. The van der Waals surface area contributed by atoms with Gasteiger partial charge in [-0.15, -0.1) is 0 Å². The molecule has 1 aliphatic carbocycles. The van der Waals surface area contributed by atoms with Gasteiger partial charge in [-0.3, -0.25) is 0 Å². The van der Waals surface area contributed by atoms with E-state index in [1.807, 2.05) is 79.7 Å². The standard InChI is InChI=1S/C31H36N2O3S/c1-24-16-18-29(19-17-24)37(34,35)33-31(28-14-7-4-8-15-28)30(27-12-5-3-6-13-27)32-20-21-36-23-26-11-9-10-25(2)22-26/h3-8,10-19,30-33H,9,20-23H2,1-2H3/t30-,31+/m0/s1. The predicted molar refractivity (Wildman–Crippen MR) is 150 cm³/mol. The first-order chi connectivity index (χ1) is 17.9. The highest BCUT2D eigenvalue weighted by Gasteiger charge is 2.29. The Kier molecular flexibility index (Phi) is 9.47. The number of sulfonamides is 1. The number of rotatable bonds is 12. The Bertz CT molecular complexity index is 1300. The van der Waals surface area contributed by atoms with Gasteiger partial charge in [0.25, 0.3) is 0 Å². The summed E-state index contributed by atoms with van der Waals surface area (Å²) in [5, 5.41) is 3.58. The molecule has 6 heteroatoms. The van der Waals surface area contributed by atoms with Crippen LogP contribution in [0, 0.1) is 6.92 Å². The molecule has 3 aromatic rings. The molecule has 1 aliphatic rings. The molecular weight excluding hydrogens is 480 g/mol. The van der Waals surface area contributed by atoms with Crippen LogP contribution in [0.15, 0.2) is 113 Å². The van der Waals surface area contributed by atoms with Crippen molar-refractivity contribution < 1.29 is 13.2 Å². The molecule has 194 valence electrons. The van der Waals surface area contributed by atoms with Gasteiger partial charge in [-0.1, -0.05) is 96.1 Å². The molecule has 3 aromatic carbocycles. The van der Waals surface area contributed by atoms with Crippen LogP contribution >= 0.6 is 0 Å². The number of aryl methyl sites for hydroxylation is 1. The second kappa shape index (κ2) is 13.0. The molecular formula is C31H36N2O3S. The number of benzene rings is 3. The van der Waals surface area contributed by atoms with Gasteiger partial charge in [0.1, 0.15) is 0 Å². The minimum absolute atomic E-state index is 0.249. The maximum Gasteiger partial charge on any atom is 0.241 e. The van der Waals surface area contributed by atoms with Crippen LogP contribution in [0.5, 0.6) is 0 Å². The number of nitrogens with one attached hydrogen (secondary N) is 2. The molecule has 0 radical (unpaired) electrons. The molecule has 5 nitrogen and oxygen atoms in total. The van der Waals surface area contributed by atoms with E-state index >= 15 is 0 Å². The Morgan fingerprint density at radius 1 is 0.811 bits per heavy atom. The Balaban J connectivity index is 1.53. The first-order valence-corrected chi connectivity index (χ1v) is 14.2. The minimum atomic E-state index is -3.77. The number of hydrogen-bond acceptors (Lipinski definition) is 4. The summed E-state index contributed by atoms with van der Waals surface area (Å²) in [7, 11) is -3.77. The monoisotopic (exact) mass is 516 g/mol. The van der Waals surface area contributed by atoms with Gasteiger partial charge in [-0.25, -0.2) is 13.1 Å². The van der Waals surface area contributed by atoms with Gasteiger partial charge in [0, 0.05) is 6.54 Å². The fourth-order valence-electron chi connectivity index (χ4n) is 4.56. The topological polar surface area (TPSA) is 67.4 Å². The van der Waals surface area contributed by atoms with Crippen molar-refractivity contribution in [3.05, 3.63) is 125 Å². The maximum absolute atomic E-state index is 13.5. The zero-order valence-corrected chi connectivity index (χ0v) is 22.4. The normalized spacial score (nSPS) is 15.5. The average molecular weight is 517 g/mol. The highest BCUT2D eigenvalue weighted by atomic mass is 32.2. The van der Waals surface area contributed by atoms with E-state index < -0.39 is 16.1 Å². The Hall–Kier alpha value is -3.03. The van der Waals surface area contributed by atoms with E-state index in [0.717, 1.165) is 29.5 Å². The molecule has 0 spiro atoms. The van der Waals surface area contributed by atoms with E-state index in [0.29, 0.717) is 19.8 Å². The lowest BCUT2D eigenvalue weighted by Gasteiger charge is -2.30.